The number of H-pyrrole nitrogens is 1. The molecule has 1 aromatic carbocycles. The van der Waals surface area contributed by atoms with Gasteiger partial charge in [0.25, 0.3) is 5.56 Å². The Morgan fingerprint density at radius 1 is 1.11 bits per heavy atom. The van der Waals surface area contributed by atoms with Gasteiger partial charge in [0, 0.05) is 18.4 Å². The molecule has 1 atom stereocenters. The smallest absolute Gasteiger partial charge is 0.263 e. The molecule has 0 bridgehead atoms. The molecule has 0 saturated heterocycles. The van der Waals surface area contributed by atoms with E-state index in [0.717, 1.165) is 6.42 Å². The Labute approximate surface area is 162 Å². The molecule has 0 amide bonds. The van der Waals surface area contributed by atoms with E-state index in [0.29, 0.717) is 5.56 Å². The summed E-state index contributed by atoms with van der Waals surface area (Å²) in [5.41, 5.74) is -0.210. The van der Waals surface area contributed by atoms with Gasteiger partial charge in [0.2, 0.25) is 0 Å². The van der Waals surface area contributed by atoms with E-state index in [1.54, 1.807) is 30.4 Å². The van der Waals surface area contributed by atoms with Crippen LogP contribution in [-0.2, 0) is 0 Å². The molecule has 6 nitrogen and oxygen atoms in total. The third-order valence-electron chi connectivity index (χ3n) is 4.21. The van der Waals surface area contributed by atoms with Crippen LogP contribution in [0.15, 0.2) is 71.7 Å². The monoisotopic (exact) mass is 381 g/mol. The number of benzene rings is 1. The fourth-order valence-electron chi connectivity index (χ4n) is 2.51. The molecular weight excluding hydrogens is 358 g/mol. The van der Waals surface area contributed by atoms with Crippen LogP contribution in [0.3, 0.4) is 0 Å². The molecule has 1 unspecified atom stereocenters. The van der Waals surface area contributed by atoms with E-state index in [2.05, 4.69) is 4.98 Å². The summed E-state index contributed by atoms with van der Waals surface area (Å²) in [4.78, 5) is 26.9. The number of nitrogens with one attached hydrogen (secondary N) is 1. The molecule has 0 fully saturated rings. The Hall–Kier alpha value is -3.38. The lowest BCUT2D eigenvalue weighted by molar-refractivity contribution is 0.104. The predicted molar refractivity (Wildman–Crippen MR) is 108 cm³/mol. The van der Waals surface area contributed by atoms with Gasteiger partial charge in [0.05, 0.1) is 0 Å². The summed E-state index contributed by atoms with van der Waals surface area (Å²) in [7, 11) is 0. The van der Waals surface area contributed by atoms with Gasteiger partial charge < -0.3 is 20.3 Å². The number of pyridine rings is 1. The number of phenolic OH excluding ortho intramolecular Hbond substituents is 1. The summed E-state index contributed by atoms with van der Waals surface area (Å²) in [6, 6.07) is 6.02. The lowest BCUT2D eigenvalue weighted by Gasteiger charge is -2.07. The number of phenols is 1. The fourth-order valence-corrected chi connectivity index (χ4v) is 2.51. The quantitative estimate of drug-likeness (QED) is 0.318. The first-order chi connectivity index (χ1) is 13.5. The van der Waals surface area contributed by atoms with Gasteiger partial charge in [0.15, 0.2) is 5.78 Å². The van der Waals surface area contributed by atoms with Crippen molar-refractivity contribution in [2.24, 2.45) is 5.92 Å². The van der Waals surface area contributed by atoms with Crippen LogP contribution in [0, 0.1) is 5.92 Å². The Morgan fingerprint density at radius 3 is 2.43 bits per heavy atom. The molecule has 0 aliphatic carbocycles. The van der Waals surface area contributed by atoms with Crippen LogP contribution in [0.2, 0.25) is 0 Å². The third-order valence-corrected chi connectivity index (χ3v) is 4.21. The van der Waals surface area contributed by atoms with Crippen LogP contribution in [-0.4, -0.2) is 32.7 Å². The number of aliphatic hydroxyl groups is 1. The Bertz CT molecular complexity index is 948. The van der Waals surface area contributed by atoms with Gasteiger partial charge >= 0.3 is 0 Å². The number of aromatic amines is 1. The number of aromatic hydroxyl groups is 2. The summed E-state index contributed by atoms with van der Waals surface area (Å²) in [6.45, 7) is 2.05. The lowest BCUT2D eigenvalue weighted by Crippen LogP contribution is -2.16. The minimum absolute atomic E-state index is 0.0666. The second-order valence-electron chi connectivity index (χ2n) is 6.15. The van der Waals surface area contributed by atoms with Crippen LogP contribution in [0.1, 0.15) is 23.7 Å². The van der Waals surface area contributed by atoms with Crippen molar-refractivity contribution in [1.29, 1.82) is 0 Å². The fraction of sp³-hybridized carbons (Fsp3) is 0.182. The van der Waals surface area contributed by atoms with Gasteiger partial charge in [-0.1, -0.05) is 49.4 Å². The van der Waals surface area contributed by atoms with E-state index < -0.39 is 17.1 Å². The van der Waals surface area contributed by atoms with Crippen molar-refractivity contribution < 1.29 is 20.1 Å². The second-order valence-corrected chi connectivity index (χ2v) is 6.15. The van der Waals surface area contributed by atoms with Crippen molar-refractivity contribution in [3.05, 3.63) is 82.8 Å². The molecule has 0 aliphatic rings. The first-order valence-corrected chi connectivity index (χ1v) is 8.88. The van der Waals surface area contributed by atoms with Crippen LogP contribution < -0.4 is 5.56 Å². The number of rotatable bonds is 8. The van der Waals surface area contributed by atoms with Gasteiger partial charge in [-0.15, -0.1) is 0 Å². The number of aromatic nitrogens is 1. The summed E-state index contributed by atoms with van der Waals surface area (Å²) in [5.74, 6) is -0.887. The van der Waals surface area contributed by atoms with E-state index in [-0.39, 0.29) is 29.4 Å². The van der Waals surface area contributed by atoms with Crippen LogP contribution in [0.5, 0.6) is 11.5 Å². The molecule has 28 heavy (non-hydrogen) atoms. The first-order valence-electron chi connectivity index (χ1n) is 8.88. The SMILES string of the molecule is CCC(C=CC=CC=CC(=O)c1c(O)c(-c2ccc(O)cc2)c[nH]c1=O)CO. The molecule has 2 aromatic rings. The molecule has 0 aliphatic heterocycles. The number of ketones is 1. The number of carbonyl (C=O) groups excluding carboxylic acids is 1. The molecule has 146 valence electrons. The Morgan fingerprint density at radius 2 is 1.79 bits per heavy atom. The van der Waals surface area contributed by atoms with Gasteiger partial charge in [-0.25, -0.2) is 0 Å². The van der Waals surface area contributed by atoms with E-state index in [1.165, 1.54) is 30.5 Å². The summed E-state index contributed by atoms with van der Waals surface area (Å²) in [6.07, 6.45) is 11.8. The number of hydrogen-bond acceptors (Lipinski definition) is 5. The largest absolute Gasteiger partial charge is 0.508 e. The highest BCUT2D eigenvalue weighted by Crippen LogP contribution is 2.31. The molecule has 2 rings (SSSR count). The highest BCUT2D eigenvalue weighted by atomic mass is 16.3. The topological polar surface area (TPSA) is 111 Å². The molecule has 0 spiro atoms. The number of allylic oxidation sites excluding steroid dienone is 5. The normalized spacial score (nSPS) is 12.9. The average molecular weight is 381 g/mol. The highest BCUT2D eigenvalue weighted by Gasteiger charge is 2.18. The standard InChI is InChI=1S/C22H23NO5/c1-2-15(14-24)7-5-3-4-6-8-19(26)20-21(27)18(13-23-22(20)28)16-9-11-17(25)12-10-16/h3-13,15,24-25H,2,14H2,1H3,(H2,23,27,28). The first kappa shape index (κ1) is 20.9. The van der Waals surface area contributed by atoms with Gasteiger partial charge in [-0.3, -0.25) is 9.59 Å². The molecular formula is C22H23NO5. The number of aliphatic hydroxyl groups excluding tert-OH is 1. The van der Waals surface area contributed by atoms with Crippen molar-refractivity contribution in [2.45, 2.75) is 13.3 Å². The van der Waals surface area contributed by atoms with Gasteiger partial charge in [0.1, 0.15) is 17.1 Å². The zero-order chi connectivity index (χ0) is 20.5. The zero-order valence-electron chi connectivity index (χ0n) is 15.5. The van der Waals surface area contributed by atoms with Crippen molar-refractivity contribution >= 4 is 5.78 Å². The van der Waals surface area contributed by atoms with Crippen LogP contribution in [0.25, 0.3) is 11.1 Å². The van der Waals surface area contributed by atoms with Crippen molar-refractivity contribution in [3.8, 4) is 22.6 Å². The van der Waals surface area contributed by atoms with Gasteiger partial charge in [-0.2, -0.15) is 0 Å². The lowest BCUT2D eigenvalue weighted by atomic mass is 10.0. The Balaban J connectivity index is 2.20. The highest BCUT2D eigenvalue weighted by molar-refractivity contribution is 6.07. The van der Waals surface area contributed by atoms with E-state index in [9.17, 15) is 19.8 Å². The summed E-state index contributed by atoms with van der Waals surface area (Å²) >= 11 is 0. The second kappa shape index (κ2) is 10.1. The molecule has 4 N–H and O–H groups in total. The average Bonchev–Trinajstić information content (AvgIpc) is 2.68. The molecule has 6 heteroatoms. The maximum Gasteiger partial charge on any atom is 0.263 e. The third kappa shape index (κ3) is 5.31. The number of carbonyl (C=O) groups is 1. The maximum absolute atomic E-state index is 12.4. The molecule has 1 heterocycles. The van der Waals surface area contributed by atoms with E-state index in [1.807, 2.05) is 13.0 Å². The van der Waals surface area contributed by atoms with Crippen LogP contribution >= 0.6 is 0 Å². The Kier molecular flexibility index (Phi) is 7.54. The summed E-state index contributed by atoms with van der Waals surface area (Å²) in [5, 5.41) is 28.9. The number of hydrogen-bond donors (Lipinski definition) is 4. The molecule has 0 saturated carbocycles. The predicted octanol–water partition coefficient (Wildman–Crippen LogP) is 3.32. The van der Waals surface area contributed by atoms with Gasteiger partial charge in [-0.05, 0) is 36.1 Å². The minimum Gasteiger partial charge on any atom is -0.508 e. The minimum atomic E-state index is -0.688. The summed E-state index contributed by atoms with van der Waals surface area (Å²) < 4.78 is 0. The van der Waals surface area contributed by atoms with Crippen molar-refractivity contribution in [1.82, 2.24) is 4.98 Å². The maximum atomic E-state index is 12.4. The van der Waals surface area contributed by atoms with Crippen LogP contribution in [0.4, 0.5) is 0 Å². The molecule has 0 radical (unpaired) electrons. The van der Waals surface area contributed by atoms with E-state index in [4.69, 9.17) is 5.11 Å². The van der Waals surface area contributed by atoms with Crippen molar-refractivity contribution in [3.63, 3.8) is 0 Å². The van der Waals surface area contributed by atoms with E-state index >= 15 is 0 Å². The molecule has 1 aromatic heterocycles. The zero-order valence-corrected chi connectivity index (χ0v) is 15.5. The van der Waals surface area contributed by atoms with Crippen molar-refractivity contribution in [2.75, 3.05) is 6.61 Å².